The summed E-state index contributed by atoms with van der Waals surface area (Å²) in [5.74, 6) is 0.629. The molecule has 0 aliphatic heterocycles. The summed E-state index contributed by atoms with van der Waals surface area (Å²) in [6, 6.07) is 1.47. The lowest BCUT2D eigenvalue weighted by atomic mass is 10.5. The molecule has 6 nitrogen and oxygen atoms in total. The molecule has 0 spiro atoms. The number of nitrogens with two attached hydrogens (primary N) is 1. The molecule has 0 radical (unpaired) electrons. The Morgan fingerprint density at radius 2 is 2.11 bits per heavy atom. The fraction of sp³-hybridized carbons (Fsp3) is 0.556. The highest BCUT2D eigenvalue weighted by atomic mass is 19.4. The zero-order chi connectivity index (χ0) is 13.6. The monoisotopic (exact) mass is 266 g/mol. The van der Waals surface area contributed by atoms with Gasteiger partial charge in [-0.2, -0.15) is 23.1 Å². The third-order valence-electron chi connectivity index (χ3n) is 1.75. The predicted molar refractivity (Wildman–Crippen MR) is 58.4 cm³/mol. The number of alkyl halides is 3. The molecule has 3 N–H and O–H groups in total. The molecule has 0 amide bonds. The summed E-state index contributed by atoms with van der Waals surface area (Å²) in [6.07, 6.45) is -4.32. The van der Waals surface area contributed by atoms with E-state index < -0.39 is 12.8 Å². The molecule has 0 saturated heterocycles. The van der Waals surface area contributed by atoms with Gasteiger partial charge in [0.1, 0.15) is 12.4 Å². The Morgan fingerprint density at radius 1 is 1.39 bits per heavy atom. The molecule has 0 aliphatic carbocycles. The fourth-order valence-electron chi connectivity index (χ4n) is 1.08. The Bertz CT molecular complexity index is 387. The lowest BCUT2D eigenvalue weighted by molar-refractivity contribution is -0.172. The first kappa shape index (κ1) is 14.3. The molecule has 0 atom stereocenters. The average molecular weight is 266 g/mol. The molecule has 102 valence electrons. The number of nitrogens with zero attached hydrogens (tertiary/aromatic N) is 2. The van der Waals surface area contributed by atoms with Crippen molar-refractivity contribution in [3.05, 3.63) is 6.07 Å². The smallest absolute Gasteiger partial charge is 0.411 e. The number of nitrogens with one attached hydrogen (secondary N) is 1. The largest absolute Gasteiger partial charge is 0.481 e. The second kappa shape index (κ2) is 6.24. The summed E-state index contributed by atoms with van der Waals surface area (Å²) >= 11 is 0. The molecule has 1 aromatic rings. The number of hydrogen-bond donors (Lipinski definition) is 2. The standard InChI is InChI=1S/C9H13F3N4O2/c1-17-7-4-6(15-8(13)16-7)14-2-3-18-5-9(10,11)12/h4H,2-3,5H2,1H3,(H3,13,14,15,16). The van der Waals surface area contributed by atoms with E-state index in [4.69, 9.17) is 10.5 Å². The zero-order valence-electron chi connectivity index (χ0n) is 9.62. The van der Waals surface area contributed by atoms with Gasteiger partial charge in [-0.15, -0.1) is 0 Å². The minimum absolute atomic E-state index is 0.00746. The number of methoxy groups -OCH3 is 1. The molecule has 0 aliphatic rings. The van der Waals surface area contributed by atoms with E-state index in [1.807, 2.05) is 0 Å². The minimum atomic E-state index is -4.32. The Balaban J connectivity index is 2.33. The molecule has 9 heteroatoms. The Labute approximate surface area is 101 Å². The maximum atomic E-state index is 11.8. The number of anilines is 2. The van der Waals surface area contributed by atoms with E-state index in [1.165, 1.54) is 13.2 Å². The quantitative estimate of drug-likeness (QED) is 0.749. The maximum absolute atomic E-state index is 11.8. The van der Waals surface area contributed by atoms with Crippen molar-refractivity contribution in [2.75, 3.05) is 37.9 Å². The van der Waals surface area contributed by atoms with Gasteiger partial charge in [-0.25, -0.2) is 0 Å². The topological polar surface area (TPSA) is 82.3 Å². The van der Waals surface area contributed by atoms with Crippen LogP contribution in [-0.2, 0) is 4.74 Å². The molecule has 0 fully saturated rings. The summed E-state index contributed by atoms with van der Waals surface area (Å²) in [5, 5.41) is 2.74. The van der Waals surface area contributed by atoms with Crippen LogP contribution in [0.1, 0.15) is 0 Å². The highest BCUT2D eigenvalue weighted by Crippen LogP contribution is 2.15. The van der Waals surface area contributed by atoms with Crippen molar-refractivity contribution < 1.29 is 22.6 Å². The fourth-order valence-corrected chi connectivity index (χ4v) is 1.08. The van der Waals surface area contributed by atoms with Gasteiger partial charge in [-0.3, -0.25) is 0 Å². The third-order valence-corrected chi connectivity index (χ3v) is 1.75. The van der Waals surface area contributed by atoms with E-state index in [-0.39, 0.29) is 25.0 Å². The molecule has 1 heterocycles. The number of aromatic nitrogens is 2. The van der Waals surface area contributed by atoms with Gasteiger partial charge in [0, 0.05) is 12.6 Å². The number of ether oxygens (including phenoxy) is 2. The molecule has 1 rings (SSSR count). The molecular formula is C9H13F3N4O2. The first-order valence-electron chi connectivity index (χ1n) is 4.97. The predicted octanol–water partition coefficient (Wildman–Crippen LogP) is 1.06. The van der Waals surface area contributed by atoms with Crippen LogP contribution in [0.5, 0.6) is 5.88 Å². The minimum Gasteiger partial charge on any atom is -0.481 e. The van der Waals surface area contributed by atoms with E-state index in [9.17, 15) is 13.2 Å². The van der Waals surface area contributed by atoms with E-state index in [2.05, 4.69) is 20.0 Å². The van der Waals surface area contributed by atoms with Crippen LogP contribution in [0, 0.1) is 0 Å². The van der Waals surface area contributed by atoms with Crippen LogP contribution >= 0.6 is 0 Å². The first-order valence-corrected chi connectivity index (χ1v) is 4.97. The van der Waals surface area contributed by atoms with Gasteiger partial charge in [0.05, 0.1) is 13.7 Å². The Morgan fingerprint density at radius 3 is 2.72 bits per heavy atom. The van der Waals surface area contributed by atoms with Crippen LogP contribution in [-0.4, -0.2) is 43.0 Å². The van der Waals surface area contributed by atoms with Gasteiger partial charge in [0.2, 0.25) is 11.8 Å². The van der Waals surface area contributed by atoms with Crippen molar-refractivity contribution in [1.82, 2.24) is 9.97 Å². The Hall–Kier alpha value is -1.77. The van der Waals surface area contributed by atoms with Gasteiger partial charge >= 0.3 is 6.18 Å². The van der Waals surface area contributed by atoms with Crippen molar-refractivity contribution in [3.63, 3.8) is 0 Å². The highest BCUT2D eigenvalue weighted by Gasteiger charge is 2.27. The first-order chi connectivity index (χ1) is 8.40. The lowest BCUT2D eigenvalue weighted by Gasteiger charge is -2.09. The summed E-state index contributed by atoms with van der Waals surface area (Å²) < 4.78 is 44.5. The van der Waals surface area contributed by atoms with Crippen molar-refractivity contribution in [2.24, 2.45) is 0 Å². The molecule has 0 aromatic carbocycles. The van der Waals surface area contributed by atoms with Crippen LogP contribution in [0.15, 0.2) is 6.07 Å². The summed E-state index contributed by atoms with van der Waals surface area (Å²) in [5.41, 5.74) is 5.40. The van der Waals surface area contributed by atoms with Crippen LogP contribution in [0.2, 0.25) is 0 Å². The van der Waals surface area contributed by atoms with Gasteiger partial charge in [-0.1, -0.05) is 0 Å². The second-order valence-electron chi connectivity index (χ2n) is 3.25. The van der Waals surface area contributed by atoms with E-state index in [0.717, 1.165) is 0 Å². The summed E-state index contributed by atoms with van der Waals surface area (Å²) in [6.45, 7) is -1.22. The number of hydrogen-bond acceptors (Lipinski definition) is 6. The van der Waals surface area contributed by atoms with Crippen molar-refractivity contribution in [1.29, 1.82) is 0 Å². The average Bonchev–Trinajstić information content (AvgIpc) is 2.26. The molecule has 1 aromatic heterocycles. The third kappa shape index (κ3) is 5.53. The Kier molecular flexibility index (Phi) is 4.95. The van der Waals surface area contributed by atoms with Gasteiger partial charge in [0.25, 0.3) is 0 Å². The van der Waals surface area contributed by atoms with Crippen LogP contribution in [0.4, 0.5) is 24.9 Å². The lowest BCUT2D eigenvalue weighted by Crippen LogP contribution is -2.20. The maximum Gasteiger partial charge on any atom is 0.411 e. The molecule has 0 saturated carbocycles. The van der Waals surface area contributed by atoms with Crippen LogP contribution < -0.4 is 15.8 Å². The number of rotatable bonds is 6. The molecular weight excluding hydrogens is 253 g/mol. The van der Waals surface area contributed by atoms with Gasteiger partial charge in [-0.05, 0) is 0 Å². The van der Waals surface area contributed by atoms with Crippen molar-refractivity contribution >= 4 is 11.8 Å². The van der Waals surface area contributed by atoms with Gasteiger partial charge < -0.3 is 20.5 Å². The van der Waals surface area contributed by atoms with Crippen LogP contribution in [0.3, 0.4) is 0 Å². The van der Waals surface area contributed by atoms with E-state index in [1.54, 1.807) is 0 Å². The molecule has 0 bridgehead atoms. The molecule has 18 heavy (non-hydrogen) atoms. The van der Waals surface area contributed by atoms with E-state index in [0.29, 0.717) is 5.82 Å². The number of nitrogen functional groups attached to an aromatic ring is 1. The van der Waals surface area contributed by atoms with Crippen LogP contribution in [0.25, 0.3) is 0 Å². The van der Waals surface area contributed by atoms with E-state index >= 15 is 0 Å². The van der Waals surface area contributed by atoms with Crippen molar-refractivity contribution in [3.8, 4) is 5.88 Å². The van der Waals surface area contributed by atoms with Gasteiger partial charge in [0.15, 0.2) is 0 Å². The summed E-state index contributed by atoms with van der Waals surface area (Å²) in [4.78, 5) is 7.58. The van der Waals surface area contributed by atoms with Crippen molar-refractivity contribution in [2.45, 2.75) is 6.18 Å². The summed E-state index contributed by atoms with van der Waals surface area (Å²) in [7, 11) is 1.41. The number of halogens is 3. The highest BCUT2D eigenvalue weighted by molar-refractivity contribution is 5.42. The zero-order valence-corrected chi connectivity index (χ0v) is 9.62. The SMILES string of the molecule is COc1cc(NCCOCC(F)(F)F)nc(N)n1. The molecule has 0 unspecified atom stereocenters. The second-order valence-corrected chi connectivity index (χ2v) is 3.25. The normalized spacial score (nSPS) is 11.3.